The molecule has 0 aliphatic heterocycles. The lowest BCUT2D eigenvalue weighted by atomic mass is 10.2. The predicted molar refractivity (Wildman–Crippen MR) is 93.2 cm³/mol. The van der Waals surface area contributed by atoms with Crippen molar-refractivity contribution in [1.82, 2.24) is 5.32 Å². The van der Waals surface area contributed by atoms with Gasteiger partial charge in [-0.05, 0) is 42.0 Å². The average Bonchev–Trinajstić information content (AvgIpc) is 2.59. The van der Waals surface area contributed by atoms with E-state index in [4.69, 9.17) is 14.6 Å². The van der Waals surface area contributed by atoms with Crippen molar-refractivity contribution in [2.45, 2.75) is 11.4 Å². The zero-order valence-electron chi connectivity index (χ0n) is 13.8. The number of hydrogen-bond donors (Lipinski definition) is 3. The molecule has 0 saturated carbocycles. The third-order valence-corrected chi connectivity index (χ3v) is 4.27. The molecular formula is C16H19N3O5S. The number of nitrogens with one attached hydrogen (secondary N) is 2. The first-order valence-electron chi connectivity index (χ1n) is 7.22. The Hall–Kier alpha value is -2.78. The molecular weight excluding hydrogens is 346 g/mol. The van der Waals surface area contributed by atoms with E-state index in [2.05, 4.69) is 10.6 Å². The highest BCUT2D eigenvalue weighted by Crippen LogP contribution is 2.27. The molecule has 2 aromatic carbocycles. The van der Waals surface area contributed by atoms with Gasteiger partial charge in [0.25, 0.3) is 0 Å². The summed E-state index contributed by atoms with van der Waals surface area (Å²) in [5.74, 6) is 1.17. The first-order chi connectivity index (χ1) is 11.8. The maximum absolute atomic E-state index is 11.9. The van der Waals surface area contributed by atoms with Crippen LogP contribution in [-0.4, -0.2) is 28.7 Å². The molecule has 25 heavy (non-hydrogen) atoms. The molecule has 9 heteroatoms. The van der Waals surface area contributed by atoms with Crippen molar-refractivity contribution in [2.75, 3.05) is 19.5 Å². The molecule has 0 heterocycles. The van der Waals surface area contributed by atoms with Gasteiger partial charge in [0.2, 0.25) is 10.0 Å². The quantitative estimate of drug-likeness (QED) is 0.719. The molecule has 0 radical (unpaired) electrons. The number of methoxy groups -OCH3 is 2. The third-order valence-electron chi connectivity index (χ3n) is 3.34. The molecule has 4 N–H and O–H groups in total. The number of hydrogen-bond acceptors (Lipinski definition) is 5. The summed E-state index contributed by atoms with van der Waals surface area (Å²) in [6.07, 6.45) is 0. The minimum Gasteiger partial charge on any atom is -0.493 e. The summed E-state index contributed by atoms with van der Waals surface area (Å²) in [5, 5.41) is 10.3. The second-order valence-electron chi connectivity index (χ2n) is 5.07. The molecule has 134 valence electrons. The van der Waals surface area contributed by atoms with Gasteiger partial charge in [0.1, 0.15) is 0 Å². The van der Waals surface area contributed by atoms with Crippen LogP contribution in [0.5, 0.6) is 11.5 Å². The molecule has 0 unspecified atom stereocenters. The first-order valence-corrected chi connectivity index (χ1v) is 8.76. The summed E-state index contributed by atoms with van der Waals surface area (Å²) in [7, 11) is -0.676. The molecule has 0 fully saturated rings. The van der Waals surface area contributed by atoms with Crippen LogP contribution in [0.25, 0.3) is 0 Å². The van der Waals surface area contributed by atoms with Crippen LogP contribution >= 0.6 is 0 Å². The average molecular weight is 365 g/mol. The van der Waals surface area contributed by atoms with Crippen molar-refractivity contribution in [3.63, 3.8) is 0 Å². The smallest absolute Gasteiger partial charge is 0.319 e. The lowest BCUT2D eigenvalue weighted by Gasteiger charge is -2.11. The van der Waals surface area contributed by atoms with Crippen molar-refractivity contribution >= 4 is 21.7 Å². The van der Waals surface area contributed by atoms with Gasteiger partial charge in [-0.25, -0.2) is 18.4 Å². The fraction of sp³-hybridized carbons (Fsp3) is 0.188. The fourth-order valence-corrected chi connectivity index (χ4v) is 2.59. The Balaban J connectivity index is 1.94. The van der Waals surface area contributed by atoms with E-state index < -0.39 is 16.1 Å². The molecule has 0 aromatic heterocycles. The Kier molecular flexibility index (Phi) is 5.84. The number of ether oxygens (including phenoxy) is 2. The molecule has 0 saturated heterocycles. The molecule has 8 nitrogen and oxygen atoms in total. The highest BCUT2D eigenvalue weighted by atomic mass is 32.2. The summed E-state index contributed by atoms with van der Waals surface area (Å²) in [6.45, 7) is 0.279. The van der Waals surface area contributed by atoms with E-state index in [9.17, 15) is 13.2 Å². The van der Waals surface area contributed by atoms with E-state index in [0.29, 0.717) is 17.2 Å². The first kappa shape index (κ1) is 18.6. The normalized spacial score (nSPS) is 10.8. The molecule has 0 aliphatic carbocycles. The van der Waals surface area contributed by atoms with Crippen LogP contribution in [0.15, 0.2) is 47.4 Å². The monoisotopic (exact) mass is 365 g/mol. The lowest BCUT2D eigenvalue weighted by Crippen LogP contribution is -2.28. The zero-order chi connectivity index (χ0) is 18.4. The van der Waals surface area contributed by atoms with E-state index in [-0.39, 0.29) is 11.4 Å². The van der Waals surface area contributed by atoms with Crippen LogP contribution < -0.4 is 25.2 Å². The maximum Gasteiger partial charge on any atom is 0.319 e. The number of nitrogens with two attached hydrogens (primary N) is 1. The number of sulfonamides is 1. The number of carbonyl (C=O) groups is 1. The maximum atomic E-state index is 11.9. The summed E-state index contributed by atoms with van der Waals surface area (Å²) < 4.78 is 32.7. The van der Waals surface area contributed by atoms with Crippen molar-refractivity contribution < 1.29 is 22.7 Å². The second-order valence-corrected chi connectivity index (χ2v) is 6.63. The van der Waals surface area contributed by atoms with Gasteiger partial charge in [0.15, 0.2) is 11.5 Å². The van der Waals surface area contributed by atoms with Crippen LogP contribution in [0.4, 0.5) is 10.5 Å². The van der Waals surface area contributed by atoms with Gasteiger partial charge in [-0.2, -0.15) is 0 Å². The molecule has 2 amide bonds. The molecule has 0 spiro atoms. The number of urea groups is 1. The van der Waals surface area contributed by atoms with Gasteiger partial charge in [-0.3, -0.25) is 0 Å². The summed E-state index contributed by atoms with van der Waals surface area (Å²) in [5.41, 5.74) is 1.27. The minimum atomic E-state index is -3.76. The van der Waals surface area contributed by atoms with Gasteiger partial charge in [0, 0.05) is 12.2 Å². The van der Waals surface area contributed by atoms with Gasteiger partial charge in [-0.15, -0.1) is 0 Å². The molecule has 2 rings (SSSR count). The Morgan fingerprint density at radius 2 is 1.68 bits per heavy atom. The topological polar surface area (TPSA) is 120 Å². The second kappa shape index (κ2) is 7.86. The molecule has 0 aliphatic rings. The Labute approximate surface area is 146 Å². The van der Waals surface area contributed by atoms with Crippen molar-refractivity contribution in [3.05, 3.63) is 48.0 Å². The molecule has 0 atom stereocenters. The predicted octanol–water partition coefficient (Wildman–Crippen LogP) is 1.67. The van der Waals surface area contributed by atoms with Gasteiger partial charge in [-0.1, -0.05) is 6.07 Å². The van der Waals surface area contributed by atoms with Gasteiger partial charge >= 0.3 is 6.03 Å². The molecule has 0 bridgehead atoms. The third kappa shape index (κ3) is 5.10. The van der Waals surface area contributed by atoms with E-state index in [1.165, 1.54) is 31.4 Å². The van der Waals surface area contributed by atoms with E-state index >= 15 is 0 Å². The zero-order valence-corrected chi connectivity index (χ0v) is 14.6. The van der Waals surface area contributed by atoms with Crippen molar-refractivity contribution in [3.8, 4) is 11.5 Å². The Bertz CT molecular complexity index is 851. The van der Waals surface area contributed by atoms with E-state index in [1.807, 2.05) is 6.07 Å². The minimum absolute atomic E-state index is 0.0243. The summed E-state index contributed by atoms with van der Waals surface area (Å²) in [4.78, 5) is 11.9. The van der Waals surface area contributed by atoms with Crippen LogP contribution in [0, 0.1) is 0 Å². The largest absolute Gasteiger partial charge is 0.493 e. The standard InChI is InChI=1S/C16H19N3O5S/c1-23-14-8-3-11(9-15(14)24-2)10-18-16(20)19-12-4-6-13(7-5-12)25(17,21)22/h3-9H,10H2,1-2H3,(H2,17,21,22)(H2,18,19,20). The number of benzene rings is 2. The van der Waals surface area contributed by atoms with Crippen LogP contribution in [0.3, 0.4) is 0 Å². The number of carbonyl (C=O) groups excluding carboxylic acids is 1. The van der Waals surface area contributed by atoms with Crippen LogP contribution in [-0.2, 0) is 16.6 Å². The van der Waals surface area contributed by atoms with E-state index in [0.717, 1.165) is 5.56 Å². The van der Waals surface area contributed by atoms with Crippen molar-refractivity contribution in [1.29, 1.82) is 0 Å². The summed E-state index contributed by atoms with van der Waals surface area (Å²) in [6, 6.07) is 10.4. The number of primary sulfonamides is 1. The Morgan fingerprint density at radius 1 is 1.04 bits per heavy atom. The SMILES string of the molecule is COc1ccc(CNC(=O)Nc2ccc(S(N)(=O)=O)cc2)cc1OC. The highest BCUT2D eigenvalue weighted by molar-refractivity contribution is 7.89. The van der Waals surface area contributed by atoms with Gasteiger partial charge < -0.3 is 20.1 Å². The molecule has 2 aromatic rings. The lowest BCUT2D eigenvalue weighted by molar-refractivity contribution is 0.251. The number of rotatable bonds is 6. The van der Waals surface area contributed by atoms with Gasteiger partial charge in [0.05, 0.1) is 19.1 Å². The van der Waals surface area contributed by atoms with E-state index in [1.54, 1.807) is 19.2 Å². The van der Waals surface area contributed by atoms with Crippen molar-refractivity contribution in [2.24, 2.45) is 5.14 Å². The van der Waals surface area contributed by atoms with Crippen LogP contribution in [0.1, 0.15) is 5.56 Å². The number of amides is 2. The highest BCUT2D eigenvalue weighted by Gasteiger charge is 2.09. The van der Waals surface area contributed by atoms with Crippen LogP contribution in [0.2, 0.25) is 0 Å². The number of anilines is 1. The fourth-order valence-electron chi connectivity index (χ4n) is 2.08. The summed E-state index contributed by atoms with van der Waals surface area (Å²) >= 11 is 0. The Morgan fingerprint density at radius 3 is 2.24 bits per heavy atom.